The highest BCUT2D eigenvalue weighted by atomic mass is 35.5. The zero-order valence-corrected chi connectivity index (χ0v) is 17.9. The number of hydrogen-bond donors (Lipinski definition) is 0. The second-order valence-corrected chi connectivity index (χ2v) is 8.53. The predicted molar refractivity (Wildman–Crippen MR) is 114 cm³/mol. The van der Waals surface area contributed by atoms with Crippen molar-refractivity contribution in [1.82, 2.24) is 19.7 Å². The quantitative estimate of drug-likeness (QED) is 0.570. The summed E-state index contributed by atoms with van der Waals surface area (Å²) < 4.78 is 39.1. The van der Waals surface area contributed by atoms with Crippen molar-refractivity contribution in [3.8, 4) is 5.82 Å². The van der Waals surface area contributed by atoms with Crippen molar-refractivity contribution >= 4 is 28.6 Å². The van der Waals surface area contributed by atoms with Crippen LogP contribution >= 0.6 is 22.9 Å². The Balaban J connectivity index is 1.44. The molecule has 0 unspecified atom stereocenters. The monoisotopic (exact) mass is 469 g/mol. The van der Waals surface area contributed by atoms with Crippen molar-refractivity contribution in [2.75, 3.05) is 37.6 Å². The van der Waals surface area contributed by atoms with Crippen LogP contribution in [0.3, 0.4) is 0 Å². The Morgan fingerprint density at radius 1 is 1.10 bits per heavy atom. The Morgan fingerprint density at radius 2 is 1.87 bits per heavy atom. The molecule has 0 N–H and O–H groups in total. The number of piperazine rings is 1. The maximum Gasteiger partial charge on any atom is 0.417 e. The molecule has 164 valence electrons. The third kappa shape index (κ3) is 4.91. The molecule has 1 saturated heterocycles. The number of nitrogens with zero attached hydrogens (tertiary/aromatic N) is 5. The van der Waals surface area contributed by atoms with E-state index in [1.807, 2.05) is 4.90 Å². The molecule has 3 aromatic rings. The molecule has 31 heavy (non-hydrogen) atoms. The molecular weight excluding hydrogens is 451 g/mol. The molecule has 0 saturated carbocycles. The van der Waals surface area contributed by atoms with Crippen LogP contribution in [0.15, 0.2) is 46.8 Å². The number of hydrogen-bond acceptors (Lipinski definition) is 6. The molecule has 0 radical (unpaired) electrons. The first kappa shape index (κ1) is 21.8. The van der Waals surface area contributed by atoms with Gasteiger partial charge in [-0.15, -0.1) is 11.3 Å². The average Bonchev–Trinajstić information content (AvgIpc) is 3.28. The molecule has 6 nitrogen and oxygen atoms in total. The zero-order valence-electron chi connectivity index (χ0n) is 16.3. The number of halogens is 4. The van der Waals surface area contributed by atoms with Gasteiger partial charge in [-0.05, 0) is 30.0 Å². The van der Waals surface area contributed by atoms with Crippen LogP contribution < -0.4 is 10.5 Å². The predicted octanol–water partition coefficient (Wildman–Crippen LogP) is 3.73. The van der Waals surface area contributed by atoms with Crippen LogP contribution in [0.25, 0.3) is 5.82 Å². The van der Waals surface area contributed by atoms with Crippen LogP contribution in [0, 0.1) is 0 Å². The Hall–Kier alpha value is -2.43. The van der Waals surface area contributed by atoms with E-state index in [1.165, 1.54) is 11.1 Å². The fourth-order valence-electron chi connectivity index (χ4n) is 3.42. The summed E-state index contributed by atoms with van der Waals surface area (Å²) in [5.41, 5.74) is -0.997. The highest BCUT2D eigenvalue weighted by molar-refractivity contribution is 7.09. The number of anilines is 1. The van der Waals surface area contributed by atoms with Gasteiger partial charge in [0.05, 0.1) is 17.4 Å². The van der Waals surface area contributed by atoms with Gasteiger partial charge in [0.25, 0.3) is 5.56 Å². The minimum atomic E-state index is -4.50. The Labute approximate surface area is 185 Å². The van der Waals surface area contributed by atoms with Gasteiger partial charge in [0.1, 0.15) is 5.02 Å². The normalized spacial score (nSPS) is 15.4. The van der Waals surface area contributed by atoms with Crippen LogP contribution in [0.5, 0.6) is 0 Å². The van der Waals surface area contributed by atoms with Crippen molar-refractivity contribution < 1.29 is 13.2 Å². The van der Waals surface area contributed by atoms with Crippen LogP contribution in [-0.4, -0.2) is 52.4 Å². The highest BCUT2D eigenvalue weighted by Gasteiger charge is 2.31. The molecule has 0 aliphatic carbocycles. The molecule has 1 fully saturated rings. The maximum atomic E-state index is 12.7. The van der Waals surface area contributed by atoms with Crippen LogP contribution in [0.1, 0.15) is 10.4 Å². The first-order valence-electron chi connectivity index (χ1n) is 9.64. The molecule has 0 bridgehead atoms. The van der Waals surface area contributed by atoms with Crippen LogP contribution in [0.2, 0.25) is 5.02 Å². The number of pyridine rings is 1. The molecule has 3 aromatic heterocycles. The smallest absolute Gasteiger partial charge is 0.366 e. The van der Waals surface area contributed by atoms with Gasteiger partial charge in [-0.3, -0.25) is 9.69 Å². The molecule has 0 spiro atoms. The lowest BCUT2D eigenvalue weighted by molar-refractivity contribution is -0.137. The lowest BCUT2D eigenvalue weighted by atomic mass is 10.2. The summed E-state index contributed by atoms with van der Waals surface area (Å²) in [5, 5.41) is 6.14. The Bertz CT molecular complexity index is 1080. The van der Waals surface area contributed by atoms with Gasteiger partial charge >= 0.3 is 6.18 Å². The first-order valence-corrected chi connectivity index (χ1v) is 10.9. The molecule has 4 rings (SSSR count). The number of rotatable bonds is 5. The van der Waals surface area contributed by atoms with E-state index < -0.39 is 17.3 Å². The highest BCUT2D eigenvalue weighted by Crippen LogP contribution is 2.29. The minimum absolute atomic E-state index is 0.0233. The second kappa shape index (κ2) is 8.97. The molecular formula is C20H19ClF3N5OS. The first-order chi connectivity index (χ1) is 14.8. The third-order valence-electron chi connectivity index (χ3n) is 5.16. The van der Waals surface area contributed by atoms with E-state index in [2.05, 4.69) is 32.5 Å². The van der Waals surface area contributed by atoms with E-state index in [0.717, 1.165) is 42.9 Å². The summed E-state index contributed by atoms with van der Waals surface area (Å²) in [4.78, 5) is 22.1. The van der Waals surface area contributed by atoms with Crippen LogP contribution in [-0.2, 0) is 12.6 Å². The molecule has 1 aliphatic rings. The largest absolute Gasteiger partial charge is 0.417 e. The van der Waals surface area contributed by atoms with E-state index in [0.29, 0.717) is 25.0 Å². The molecule has 1 aliphatic heterocycles. The van der Waals surface area contributed by atoms with E-state index in [-0.39, 0.29) is 10.8 Å². The van der Waals surface area contributed by atoms with Crippen molar-refractivity contribution in [2.45, 2.75) is 12.6 Å². The van der Waals surface area contributed by atoms with Crippen molar-refractivity contribution in [1.29, 1.82) is 0 Å². The van der Waals surface area contributed by atoms with E-state index in [9.17, 15) is 18.0 Å². The minimum Gasteiger partial charge on any atom is -0.366 e. The van der Waals surface area contributed by atoms with Gasteiger partial charge < -0.3 is 4.90 Å². The third-order valence-corrected chi connectivity index (χ3v) is 6.45. The summed E-state index contributed by atoms with van der Waals surface area (Å²) in [6.07, 6.45) is -1.36. The standard InChI is InChI=1S/C20H19ClF3N5OS/c21-18-16(28-9-7-27(8-10-28)6-5-15-2-1-11-31-15)13-26-29(19(18)30)17-4-3-14(12-25-17)20(22,23)24/h1-4,11-13H,5-10H2. The average molecular weight is 470 g/mol. The van der Waals surface area contributed by atoms with E-state index >= 15 is 0 Å². The summed E-state index contributed by atoms with van der Waals surface area (Å²) >= 11 is 8.07. The Morgan fingerprint density at radius 3 is 2.48 bits per heavy atom. The topological polar surface area (TPSA) is 54.3 Å². The van der Waals surface area contributed by atoms with Crippen molar-refractivity contribution in [2.24, 2.45) is 0 Å². The molecule has 0 atom stereocenters. The fraction of sp³-hybridized carbons (Fsp3) is 0.350. The molecule has 4 heterocycles. The number of alkyl halides is 3. The van der Waals surface area contributed by atoms with Gasteiger partial charge in [-0.1, -0.05) is 17.7 Å². The second-order valence-electron chi connectivity index (χ2n) is 7.12. The van der Waals surface area contributed by atoms with Gasteiger partial charge in [-0.2, -0.15) is 23.0 Å². The molecule has 11 heteroatoms. The van der Waals surface area contributed by atoms with E-state index in [4.69, 9.17) is 11.6 Å². The van der Waals surface area contributed by atoms with E-state index in [1.54, 1.807) is 11.3 Å². The SMILES string of the molecule is O=c1c(Cl)c(N2CCN(CCc3cccs3)CC2)cnn1-c1ccc(C(F)(F)F)cn1. The van der Waals surface area contributed by atoms with Crippen molar-refractivity contribution in [3.05, 3.63) is 67.9 Å². The van der Waals surface area contributed by atoms with Crippen LogP contribution in [0.4, 0.5) is 18.9 Å². The summed E-state index contributed by atoms with van der Waals surface area (Å²) in [6, 6.07) is 6.13. The summed E-state index contributed by atoms with van der Waals surface area (Å²) in [7, 11) is 0. The van der Waals surface area contributed by atoms with Gasteiger partial charge in [0, 0.05) is 43.8 Å². The summed E-state index contributed by atoms with van der Waals surface area (Å²) in [6.45, 7) is 4.06. The Kier molecular flexibility index (Phi) is 6.31. The lowest BCUT2D eigenvalue weighted by Crippen LogP contribution is -2.47. The molecule has 0 amide bonds. The maximum absolute atomic E-state index is 12.7. The fourth-order valence-corrected chi connectivity index (χ4v) is 4.37. The lowest BCUT2D eigenvalue weighted by Gasteiger charge is -2.36. The molecule has 0 aromatic carbocycles. The van der Waals surface area contributed by atoms with Gasteiger partial charge in [0.15, 0.2) is 5.82 Å². The van der Waals surface area contributed by atoms with Gasteiger partial charge in [0.2, 0.25) is 0 Å². The number of thiophene rings is 1. The van der Waals surface area contributed by atoms with Crippen molar-refractivity contribution in [3.63, 3.8) is 0 Å². The summed E-state index contributed by atoms with van der Waals surface area (Å²) in [5.74, 6) is -0.0233. The number of aromatic nitrogens is 3. The zero-order chi connectivity index (χ0) is 22.0. The van der Waals surface area contributed by atoms with Gasteiger partial charge in [-0.25, -0.2) is 4.98 Å².